The van der Waals surface area contributed by atoms with E-state index in [0.29, 0.717) is 57.2 Å². The van der Waals surface area contributed by atoms with Crippen molar-refractivity contribution in [2.24, 2.45) is 0 Å². The van der Waals surface area contributed by atoms with Crippen molar-refractivity contribution in [1.82, 2.24) is 25.0 Å². The zero-order chi connectivity index (χ0) is 22.2. The molecule has 4 rings (SSSR count). The van der Waals surface area contributed by atoms with Crippen LogP contribution in [-0.2, 0) is 12.7 Å². The van der Waals surface area contributed by atoms with Gasteiger partial charge in [0.05, 0.1) is 17.9 Å². The van der Waals surface area contributed by atoms with E-state index in [-0.39, 0.29) is 11.9 Å². The number of piperazine rings is 1. The van der Waals surface area contributed by atoms with Gasteiger partial charge in [0.2, 0.25) is 0 Å². The van der Waals surface area contributed by atoms with Crippen molar-refractivity contribution in [3.63, 3.8) is 0 Å². The maximum Gasteiger partial charge on any atom is 0.417 e. The Balaban J connectivity index is 1.38. The van der Waals surface area contributed by atoms with Crippen LogP contribution in [0.5, 0.6) is 0 Å². The van der Waals surface area contributed by atoms with Crippen molar-refractivity contribution in [2.45, 2.75) is 38.2 Å². The summed E-state index contributed by atoms with van der Waals surface area (Å²) in [6.07, 6.45) is -1.79. The van der Waals surface area contributed by atoms with E-state index >= 15 is 0 Å². The largest absolute Gasteiger partial charge is 0.417 e. The maximum absolute atomic E-state index is 12.8. The van der Waals surface area contributed by atoms with Crippen LogP contribution in [0.4, 0.5) is 19.0 Å². The number of rotatable bonds is 4. The number of β-amino-alcohol motifs (C(OH)–C–C–N with tert-alkyl or cyclic N) is 1. The third kappa shape index (κ3) is 4.67. The molecular weight excluding hydrogens is 413 g/mol. The molecule has 0 spiro atoms. The number of aromatic nitrogens is 3. The fourth-order valence-corrected chi connectivity index (χ4v) is 4.18. The number of anilines is 1. The second kappa shape index (κ2) is 8.46. The van der Waals surface area contributed by atoms with Gasteiger partial charge in [-0.15, -0.1) is 0 Å². The fraction of sp³-hybridized carbons (Fsp3) is 0.550. The predicted molar refractivity (Wildman–Crippen MR) is 106 cm³/mol. The molecule has 31 heavy (non-hydrogen) atoms. The van der Waals surface area contributed by atoms with E-state index in [4.69, 9.17) is 0 Å². The van der Waals surface area contributed by atoms with Gasteiger partial charge >= 0.3 is 6.18 Å². The number of amides is 1. The Bertz CT molecular complexity index is 916. The minimum absolute atomic E-state index is 0.0396. The monoisotopic (exact) mass is 438 g/mol. The SMILES string of the molecule is C[C@@H]1CN(Cc2cn[nH]c2C(=O)N2CCC(O)C2)CCN1c1ccc(C(F)(F)F)cn1. The Hall–Kier alpha value is -2.66. The molecule has 0 saturated carbocycles. The van der Waals surface area contributed by atoms with Gasteiger partial charge in [0, 0.05) is 57.1 Å². The van der Waals surface area contributed by atoms with Crippen molar-refractivity contribution in [3.8, 4) is 0 Å². The summed E-state index contributed by atoms with van der Waals surface area (Å²) >= 11 is 0. The lowest BCUT2D eigenvalue weighted by Crippen LogP contribution is -2.52. The minimum atomic E-state index is -4.40. The van der Waals surface area contributed by atoms with Crippen molar-refractivity contribution in [2.75, 3.05) is 37.6 Å². The maximum atomic E-state index is 12.8. The summed E-state index contributed by atoms with van der Waals surface area (Å²) in [4.78, 5) is 22.6. The summed E-state index contributed by atoms with van der Waals surface area (Å²) in [6.45, 7) is 5.34. The van der Waals surface area contributed by atoms with Crippen molar-refractivity contribution in [1.29, 1.82) is 0 Å². The smallest absolute Gasteiger partial charge is 0.391 e. The van der Waals surface area contributed by atoms with Crippen molar-refractivity contribution in [3.05, 3.63) is 41.3 Å². The zero-order valence-electron chi connectivity index (χ0n) is 17.1. The first kappa shape index (κ1) is 21.6. The van der Waals surface area contributed by atoms with Crippen LogP contribution in [0.3, 0.4) is 0 Å². The highest BCUT2D eigenvalue weighted by Gasteiger charge is 2.32. The highest BCUT2D eigenvalue weighted by Crippen LogP contribution is 2.30. The molecule has 2 saturated heterocycles. The number of aromatic amines is 1. The third-order valence-corrected chi connectivity index (χ3v) is 5.86. The van der Waals surface area contributed by atoms with Gasteiger partial charge in [0.15, 0.2) is 0 Å². The molecule has 2 aromatic rings. The molecule has 0 radical (unpaired) electrons. The first-order valence-electron chi connectivity index (χ1n) is 10.2. The van der Waals surface area contributed by atoms with Gasteiger partial charge in [-0.2, -0.15) is 18.3 Å². The Morgan fingerprint density at radius 3 is 2.65 bits per heavy atom. The number of carbonyl (C=O) groups is 1. The number of aliphatic hydroxyl groups is 1. The third-order valence-electron chi connectivity index (χ3n) is 5.86. The van der Waals surface area contributed by atoms with E-state index in [1.807, 2.05) is 11.8 Å². The Morgan fingerprint density at radius 2 is 2.03 bits per heavy atom. The van der Waals surface area contributed by atoms with Crippen LogP contribution in [0.25, 0.3) is 0 Å². The molecule has 0 aromatic carbocycles. The summed E-state index contributed by atoms with van der Waals surface area (Å²) in [6, 6.07) is 2.50. The number of nitrogens with zero attached hydrogens (tertiary/aromatic N) is 5. The molecule has 2 fully saturated rings. The number of pyridine rings is 1. The van der Waals surface area contributed by atoms with Gasteiger partial charge in [-0.3, -0.25) is 14.8 Å². The molecule has 168 valence electrons. The van der Waals surface area contributed by atoms with Gasteiger partial charge in [-0.05, 0) is 25.5 Å². The van der Waals surface area contributed by atoms with Crippen LogP contribution in [0.1, 0.15) is 35.0 Å². The molecule has 4 heterocycles. The molecule has 0 bridgehead atoms. The van der Waals surface area contributed by atoms with Crippen LogP contribution < -0.4 is 4.90 Å². The summed E-state index contributed by atoms with van der Waals surface area (Å²) < 4.78 is 38.3. The predicted octanol–water partition coefficient (Wildman–Crippen LogP) is 1.74. The quantitative estimate of drug-likeness (QED) is 0.756. The highest BCUT2D eigenvalue weighted by atomic mass is 19.4. The number of likely N-dealkylation sites (tertiary alicyclic amines) is 1. The standard InChI is InChI=1S/C20H25F3N6O2/c1-13-10-27(6-7-29(13)17-3-2-15(9-24-17)20(21,22)23)11-14-8-25-26-18(14)19(31)28-5-4-16(30)12-28/h2-3,8-9,13,16,30H,4-7,10-12H2,1H3,(H,25,26)/t13-,16?/m1/s1. The summed E-state index contributed by atoms with van der Waals surface area (Å²) in [5.41, 5.74) is 0.471. The van der Waals surface area contributed by atoms with Gasteiger partial charge < -0.3 is 14.9 Å². The van der Waals surface area contributed by atoms with Crippen LogP contribution in [0, 0.1) is 0 Å². The normalized spacial score (nSPS) is 22.9. The van der Waals surface area contributed by atoms with Crippen LogP contribution in [0.2, 0.25) is 0 Å². The molecule has 1 amide bonds. The molecule has 2 aliphatic heterocycles. The second-order valence-electron chi connectivity index (χ2n) is 8.14. The summed E-state index contributed by atoms with van der Waals surface area (Å²) in [5, 5.41) is 16.5. The Kier molecular flexibility index (Phi) is 5.89. The number of halogens is 3. The first-order valence-corrected chi connectivity index (χ1v) is 10.2. The molecule has 11 heteroatoms. The van der Waals surface area contributed by atoms with Gasteiger partial charge in [0.25, 0.3) is 5.91 Å². The molecule has 1 unspecified atom stereocenters. The van der Waals surface area contributed by atoms with Crippen LogP contribution >= 0.6 is 0 Å². The fourth-order valence-electron chi connectivity index (χ4n) is 4.18. The van der Waals surface area contributed by atoms with E-state index in [2.05, 4.69) is 20.1 Å². The van der Waals surface area contributed by atoms with E-state index in [1.165, 1.54) is 6.07 Å². The number of aliphatic hydroxyl groups excluding tert-OH is 1. The number of H-pyrrole nitrogens is 1. The number of alkyl halides is 3. The first-order chi connectivity index (χ1) is 14.7. The Morgan fingerprint density at radius 1 is 1.23 bits per heavy atom. The number of carbonyl (C=O) groups excluding carboxylic acids is 1. The Labute approximate surface area is 177 Å². The van der Waals surface area contributed by atoms with Gasteiger partial charge in [-0.25, -0.2) is 4.98 Å². The molecule has 2 atom stereocenters. The molecule has 2 aliphatic rings. The molecule has 2 N–H and O–H groups in total. The van der Waals surface area contributed by atoms with E-state index in [9.17, 15) is 23.1 Å². The highest BCUT2D eigenvalue weighted by molar-refractivity contribution is 5.93. The molecule has 0 aliphatic carbocycles. The average Bonchev–Trinajstić information content (AvgIpc) is 3.36. The molecular formula is C20H25F3N6O2. The lowest BCUT2D eigenvalue weighted by molar-refractivity contribution is -0.137. The minimum Gasteiger partial charge on any atom is -0.391 e. The second-order valence-corrected chi connectivity index (χ2v) is 8.14. The van der Waals surface area contributed by atoms with E-state index in [0.717, 1.165) is 17.8 Å². The number of nitrogens with one attached hydrogen (secondary N) is 1. The van der Waals surface area contributed by atoms with E-state index < -0.39 is 17.8 Å². The van der Waals surface area contributed by atoms with Crippen molar-refractivity contribution < 1.29 is 23.1 Å². The number of hydrogen-bond acceptors (Lipinski definition) is 6. The summed E-state index contributed by atoms with van der Waals surface area (Å²) in [7, 11) is 0. The molecule has 8 nitrogen and oxygen atoms in total. The average molecular weight is 438 g/mol. The lowest BCUT2D eigenvalue weighted by Gasteiger charge is -2.40. The topological polar surface area (TPSA) is 88.6 Å². The van der Waals surface area contributed by atoms with Crippen LogP contribution in [-0.4, -0.2) is 80.9 Å². The number of hydrogen-bond donors (Lipinski definition) is 2. The van der Waals surface area contributed by atoms with Gasteiger partial charge in [-0.1, -0.05) is 0 Å². The molecule has 2 aromatic heterocycles. The zero-order valence-corrected chi connectivity index (χ0v) is 17.1. The van der Waals surface area contributed by atoms with Gasteiger partial charge in [0.1, 0.15) is 11.5 Å². The van der Waals surface area contributed by atoms with E-state index in [1.54, 1.807) is 11.1 Å². The van der Waals surface area contributed by atoms with Crippen molar-refractivity contribution >= 4 is 11.7 Å². The van der Waals surface area contributed by atoms with Crippen LogP contribution in [0.15, 0.2) is 24.5 Å². The lowest BCUT2D eigenvalue weighted by atomic mass is 10.1. The summed E-state index contributed by atoms with van der Waals surface area (Å²) in [5.74, 6) is 0.358.